The SMILES string of the molecule is CN(CCCc1cc(-c2ccc(F)cc2)n[nH]1)CC(=O)Nc1ccc(Cl)cc1. The Balaban J connectivity index is 1.41. The minimum absolute atomic E-state index is 0.0649. The van der Waals surface area contributed by atoms with Crippen LogP contribution in [0.5, 0.6) is 0 Å². The van der Waals surface area contributed by atoms with Gasteiger partial charge in [0.15, 0.2) is 0 Å². The van der Waals surface area contributed by atoms with E-state index in [0.717, 1.165) is 42.0 Å². The Bertz CT molecular complexity index is 909. The predicted octanol–water partition coefficient (Wildman–Crippen LogP) is 4.37. The van der Waals surface area contributed by atoms with Gasteiger partial charge in [-0.15, -0.1) is 0 Å². The zero-order valence-corrected chi connectivity index (χ0v) is 16.3. The number of nitrogens with zero attached hydrogens (tertiary/aromatic N) is 2. The van der Waals surface area contributed by atoms with Crippen LogP contribution in [0.15, 0.2) is 54.6 Å². The summed E-state index contributed by atoms with van der Waals surface area (Å²) in [6.45, 7) is 1.09. The van der Waals surface area contributed by atoms with Crippen molar-refractivity contribution in [2.75, 3.05) is 25.5 Å². The van der Waals surface area contributed by atoms with Gasteiger partial charge in [-0.05, 0) is 81.0 Å². The number of likely N-dealkylation sites (N-methyl/N-ethyl adjacent to an activating group) is 1. The number of nitrogens with one attached hydrogen (secondary N) is 2. The normalized spacial score (nSPS) is 11.0. The van der Waals surface area contributed by atoms with Crippen molar-refractivity contribution in [2.24, 2.45) is 0 Å². The van der Waals surface area contributed by atoms with Crippen molar-refractivity contribution in [3.8, 4) is 11.3 Å². The molecule has 1 heterocycles. The van der Waals surface area contributed by atoms with Crippen molar-refractivity contribution >= 4 is 23.2 Å². The summed E-state index contributed by atoms with van der Waals surface area (Å²) in [5.41, 5.74) is 3.41. The first-order valence-electron chi connectivity index (χ1n) is 9.04. The number of aromatic amines is 1. The number of benzene rings is 2. The Labute approximate surface area is 168 Å². The number of amides is 1. The van der Waals surface area contributed by atoms with E-state index in [1.54, 1.807) is 36.4 Å². The van der Waals surface area contributed by atoms with Gasteiger partial charge in [0.25, 0.3) is 0 Å². The van der Waals surface area contributed by atoms with Crippen LogP contribution < -0.4 is 5.32 Å². The zero-order chi connectivity index (χ0) is 19.9. The third kappa shape index (κ3) is 5.90. The minimum atomic E-state index is -0.261. The molecule has 0 saturated carbocycles. The third-order valence-electron chi connectivity index (χ3n) is 4.30. The van der Waals surface area contributed by atoms with E-state index < -0.39 is 0 Å². The fourth-order valence-electron chi connectivity index (χ4n) is 2.86. The molecule has 0 aliphatic heterocycles. The summed E-state index contributed by atoms with van der Waals surface area (Å²) in [5, 5.41) is 10.8. The van der Waals surface area contributed by atoms with E-state index >= 15 is 0 Å². The monoisotopic (exact) mass is 400 g/mol. The van der Waals surface area contributed by atoms with Crippen LogP contribution in [0.1, 0.15) is 12.1 Å². The molecule has 7 heteroatoms. The highest BCUT2D eigenvalue weighted by Crippen LogP contribution is 2.18. The molecule has 0 bridgehead atoms. The number of carbonyl (C=O) groups is 1. The van der Waals surface area contributed by atoms with Crippen LogP contribution in [0.25, 0.3) is 11.3 Å². The lowest BCUT2D eigenvalue weighted by atomic mass is 10.1. The number of H-pyrrole nitrogens is 1. The summed E-state index contributed by atoms with van der Waals surface area (Å²) in [6, 6.07) is 15.3. The second-order valence-corrected chi connectivity index (χ2v) is 7.12. The van der Waals surface area contributed by atoms with E-state index in [4.69, 9.17) is 11.6 Å². The molecule has 1 aromatic heterocycles. The number of hydrogen-bond donors (Lipinski definition) is 2. The first kappa shape index (κ1) is 20.0. The molecule has 0 spiro atoms. The Morgan fingerprint density at radius 2 is 1.89 bits per heavy atom. The van der Waals surface area contributed by atoms with Crippen molar-refractivity contribution in [3.05, 3.63) is 71.1 Å². The summed E-state index contributed by atoms with van der Waals surface area (Å²) in [5.74, 6) is -0.326. The molecule has 0 aliphatic rings. The number of aromatic nitrogens is 2. The first-order valence-corrected chi connectivity index (χ1v) is 9.41. The van der Waals surface area contributed by atoms with E-state index in [1.165, 1.54) is 12.1 Å². The number of hydrogen-bond acceptors (Lipinski definition) is 3. The van der Waals surface area contributed by atoms with Gasteiger partial charge in [0.05, 0.1) is 12.2 Å². The lowest BCUT2D eigenvalue weighted by Crippen LogP contribution is -2.31. The molecule has 0 aliphatic carbocycles. The van der Waals surface area contributed by atoms with Crippen LogP contribution in [0.3, 0.4) is 0 Å². The van der Waals surface area contributed by atoms with Crippen molar-refractivity contribution < 1.29 is 9.18 Å². The summed E-state index contributed by atoms with van der Waals surface area (Å²) in [4.78, 5) is 14.1. The average molecular weight is 401 g/mol. The number of halogens is 2. The Morgan fingerprint density at radius 3 is 2.61 bits per heavy atom. The van der Waals surface area contributed by atoms with Crippen molar-refractivity contribution in [2.45, 2.75) is 12.8 Å². The van der Waals surface area contributed by atoms with Crippen LogP contribution in [-0.4, -0.2) is 41.1 Å². The molecule has 0 saturated heterocycles. The molecule has 0 fully saturated rings. The maximum atomic E-state index is 13.0. The standard InChI is InChI=1S/C21H22ClFN4O/c1-27(14-21(28)24-18-10-6-16(22)7-11-18)12-2-3-19-13-20(26-25-19)15-4-8-17(23)9-5-15/h4-11,13H,2-3,12,14H2,1H3,(H,24,28)(H,25,26). The van der Waals surface area contributed by atoms with E-state index in [9.17, 15) is 9.18 Å². The van der Waals surface area contributed by atoms with Gasteiger partial charge in [-0.25, -0.2) is 4.39 Å². The quantitative estimate of drug-likeness (QED) is 0.590. The number of carbonyl (C=O) groups excluding carboxylic acids is 1. The van der Waals surface area contributed by atoms with Gasteiger partial charge in [-0.2, -0.15) is 5.10 Å². The molecule has 0 radical (unpaired) electrons. The first-order chi connectivity index (χ1) is 13.5. The van der Waals surface area contributed by atoms with Crippen LogP contribution in [-0.2, 0) is 11.2 Å². The van der Waals surface area contributed by atoms with Gasteiger partial charge in [0, 0.05) is 22.0 Å². The largest absolute Gasteiger partial charge is 0.325 e. The molecular formula is C21H22ClFN4O. The summed E-state index contributed by atoms with van der Waals surface area (Å²) in [6.07, 6.45) is 1.70. The van der Waals surface area contributed by atoms with Gasteiger partial charge in [-0.3, -0.25) is 14.8 Å². The van der Waals surface area contributed by atoms with Gasteiger partial charge in [0.1, 0.15) is 5.82 Å². The number of aryl methyl sites for hydroxylation is 1. The molecule has 1 amide bonds. The lowest BCUT2D eigenvalue weighted by Gasteiger charge is -2.16. The Hall–Kier alpha value is -2.70. The van der Waals surface area contributed by atoms with Crippen molar-refractivity contribution in [1.82, 2.24) is 15.1 Å². The molecule has 5 nitrogen and oxygen atoms in total. The molecule has 0 atom stereocenters. The van der Waals surface area contributed by atoms with Gasteiger partial charge in [0.2, 0.25) is 5.91 Å². The third-order valence-corrected chi connectivity index (χ3v) is 4.55. The number of rotatable bonds is 8. The van der Waals surface area contributed by atoms with Crippen LogP contribution in [0, 0.1) is 5.82 Å². The second-order valence-electron chi connectivity index (χ2n) is 6.68. The van der Waals surface area contributed by atoms with Crippen molar-refractivity contribution in [1.29, 1.82) is 0 Å². The van der Waals surface area contributed by atoms with E-state index in [2.05, 4.69) is 15.5 Å². The van der Waals surface area contributed by atoms with Crippen LogP contribution in [0.4, 0.5) is 10.1 Å². The molecule has 28 heavy (non-hydrogen) atoms. The van der Waals surface area contributed by atoms with Crippen LogP contribution >= 0.6 is 11.6 Å². The molecule has 0 unspecified atom stereocenters. The Kier molecular flexibility index (Phi) is 6.79. The topological polar surface area (TPSA) is 61.0 Å². The van der Waals surface area contributed by atoms with E-state index in [0.29, 0.717) is 11.6 Å². The highest BCUT2D eigenvalue weighted by molar-refractivity contribution is 6.30. The molecule has 2 N–H and O–H groups in total. The predicted molar refractivity (Wildman–Crippen MR) is 110 cm³/mol. The summed E-state index contributed by atoms with van der Waals surface area (Å²) < 4.78 is 13.0. The molecular weight excluding hydrogens is 379 g/mol. The molecule has 3 aromatic rings. The summed E-state index contributed by atoms with van der Waals surface area (Å²) >= 11 is 5.84. The Morgan fingerprint density at radius 1 is 1.18 bits per heavy atom. The van der Waals surface area contributed by atoms with Gasteiger partial charge >= 0.3 is 0 Å². The summed E-state index contributed by atoms with van der Waals surface area (Å²) in [7, 11) is 1.92. The second kappa shape index (κ2) is 9.48. The molecule has 2 aromatic carbocycles. The number of anilines is 1. The van der Waals surface area contributed by atoms with Crippen LogP contribution in [0.2, 0.25) is 5.02 Å². The van der Waals surface area contributed by atoms with E-state index in [1.807, 2.05) is 18.0 Å². The van der Waals surface area contributed by atoms with Gasteiger partial charge in [-0.1, -0.05) is 11.6 Å². The lowest BCUT2D eigenvalue weighted by molar-refractivity contribution is -0.117. The average Bonchev–Trinajstić information content (AvgIpc) is 3.13. The molecule has 3 rings (SSSR count). The fourth-order valence-corrected chi connectivity index (χ4v) is 2.98. The van der Waals surface area contributed by atoms with E-state index in [-0.39, 0.29) is 11.7 Å². The van der Waals surface area contributed by atoms with Crippen molar-refractivity contribution in [3.63, 3.8) is 0 Å². The maximum Gasteiger partial charge on any atom is 0.238 e. The smallest absolute Gasteiger partial charge is 0.238 e. The fraction of sp³-hybridized carbons (Fsp3) is 0.238. The minimum Gasteiger partial charge on any atom is -0.325 e. The zero-order valence-electron chi connectivity index (χ0n) is 15.6. The highest BCUT2D eigenvalue weighted by atomic mass is 35.5. The molecule has 146 valence electrons. The maximum absolute atomic E-state index is 13.0. The highest BCUT2D eigenvalue weighted by Gasteiger charge is 2.08. The van der Waals surface area contributed by atoms with Gasteiger partial charge < -0.3 is 5.32 Å².